The standard InChI is InChI=1S/2C22H25.C2H4.2ClH.Ti/c2*1-3-5-8-18-15-20-9-6-10-21(22(20)16-18)19-13-11-17(7-4-2)12-14-19;1-2;;;/h2*6,9-16H,3-5,7-8H2,1-2H3;1-2H2;2*1H;/q;;;;;+2/p-2. The summed E-state index contributed by atoms with van der Waals surface area (Å²) in [7, 11) is 0. The zero-order valence-electron chi connectivity index (χ0n) is 30.1. The van der Waals surface area contributed by atoms with Crippen molar-refractivity contribution in [2.75, 3.05) is 0 Å². The van der Waals surface area contributed by atoms with Gasteiger partial charge in [0.15, 0.2) is 0 Å². The summed E-state index contributed by atoms with van der Waals surface area (Å²) in [5.41, 5.74) is 18.6. The molecule has 2 unspecified atom stereocenters. The molecule has 3 aliphatic rings. The molecule has 1 saturated heterocycles. The van der Waals surface area contributed by atoms with Crippen LogP contribution in [-0.2, 0) is 29.4 Å². The molecule has 4 aromatic carbocycles. The van der Waals surface area contributed by atoms with E-state index in [-0.39, 0.29) is 24.8 Å². The van der Waals surface area contributed by atoms with Crippen molar-refractivity contribution in [1.29, 1.82) is 0 Å². The number of hydrogen-bond acceptors (Lipinski definition) is 0. The molecule has 49 heavy (non-hydrogen) atoms. The molecule has 0 spiro atoms. The Labute approximate surface area is 313 Å². The SMILES string of the molecule is CCCCC1=Cc2c(-c3ccc(CCC)cc3)cccc2[CH]1[Ti+2]1([CH]2C(CCCC)=Cc3c(-c4ccc(CCC)cc4)cccc32)[CH2][CH2]1.[Cl-].[Cl-]. The van der Waals surface area contributed by atoms with Crippen LogP contribution in [0.2, 0.25) is 9.45 Å². The van der Waals surface area contributed by atoms with Crippen LogP contribution in [0.15, 0.2) is 96.1 Å². The van der Waals surface area contributed by atoms with E-state index in [0.29, 0.717) is 8.45 Å². The van der Waals surface area contributed by atoms with Crippen LogP contribution in [0.1, 0.15) is 121 Å². The van der Waals surface area contributed by atoms with Crippen LogP contribution < -0.4 is 24.8 Å². The molecule has 0 N–H and O–H groups in total. The predicted octanol–water partition coefficient (Wildman–Crippen LogP) is 7.89. The molecule has 1 heterocycles. The summed E-state index contributed by atoms with van der Waals surface area (Å²) in [6, 6.07) is 33.6. The molecular formula is C46H54Cl2Ti. The molecule has 0 radical (unpaired) electrons. The number of aryl methyl sites for hydroxylation is 2. The molecule has 1 fully saturated rings. The van der Waals surface area contributed by atoms with E-state index in [2.05, 4.69) is 125 Å². The second-order valence-electron chi connectivity index (χ2n) is 14.8. The summed E-state index contributed by atoms with van der Waals surface area (Å²) in [6.07, 6.45) is 17.7. The van der Waals surface area contributed by atoms with E-state index in [1.807, 2.05) is 0 Å². The monoisotopic (exact) mass is 724 g/mol. The van der Waals surface area contributed by atoms with Crippen molar-refractivity contribution in [2.24, 2.45) is 0 Å². The van der Waals surface area contributed by atoms with E-state index in [1.165, 1.54) is 94.2 Å². The minimum Gasteiger partial charge on any atom is -1.00 e. The maximum atomic E-state index is 2.69. The average molecular weight is 726 g/mol. The summed E-state index contributed by atoms with van der Waals surface area (Å²) in [5.74, 6) is 0. The second-order valence-corrected chi connectivity index (χ2v) is 22.0. The fraction of sp³-hybridized carbons (Fsp3) is 0.391. The van der Waals surface area contributed by atoms with Gasteiger partial charge in [0.2, 0.25) is 0 Å². The van der Waals surface area contributed by atoms with Gasteiger partial charge in [0.25, 0.3) is 0 Å². The van der Waals surface area contributed by atoms with Gasteiger partial charge in [0, 0.05) is 0 Å². The minimum atomic E-state index is -2.44. The van der Waals surface area contributed by atoms with E-state index in [0.717, 1.165) is 12.8 Å². The largest absolute Gasteiger partial charge is 1.00 e. The van der Waals surface area contributed by atoms with Crippen molar-refractivity contribution < 1.29 is 41.4 Å². The third kappa shape index (κ3) is 7.37. The maximum Gasteiger partial charge on any atom is -1.00 e. The van der Waals surface area contributed by atoms with Crippen LogP contribution in [-0.4, -0.2) is 0 Å². The Bertz CT molecular complexity index is 1650. The molecule has 7 rings (SSSR count). The van der Waals surface area contributed by atoms with E-state index < -0.39 is 16.6 Å². The van der Waals surface area contributed by atoms with Crippen LogP contribution in [0, 0.1) is 0 Å². The Morgan fingerprint density at radius 1 is 0.490 bits per heavy atom. The fourth-order valence-corrected chi connectivity index (χ4v) is 19.5. The van der Waals surface area contributed by atoms with Crippen LogP contribution in [0.3, 0.4) is 0 Å². The first-order valence-electron chi connectivity index (χ1n) is 19.0. The molecule has 0 aromatic heterocycles. The molecule has 0 saturated carbocycles. The maximum absolute atomic E-state index is 2.69. The van der Waals surface area contributed by atoms with Gasteiger partial charge < -0.3 is 24.8 Å². The molecule has 3 heteroatoms. The molecule has 0 bridgehead atoms. The molecule has 256 valence electrons. The predicted molar refractivity (Wildman–Crippen MR) is 202 cm³/mol. The first kappa shape index (κ1) is 37.9. The van der Waals surface area contributed by atoms with E-state index in [1.54, 1.807) is 33.4 Å². The van der Waals surface area contributed by atoms with Crippen LogP contribution in [0.4, 0.5) is 0 Å². The summed E-state index contributed by atoms with van der Waals surface area (Å²) in [4.78, 5) is 0. The van der Waals surface area contributed by atoms with Gasteiger partial charge >= 0.3 is 290 Å². The Hall–Kier alpha value is -2.35. The molecule has 2 atom stereocenters. The molecule has 2 aliphatic carbocycles. The number of fused-ring (bicyclic) bond motifs is 2. The van der Waals surface area contributed by atoms with Crippen molar-refractivity contribution in [3.8, 4) is 22.3 Å². The fourth-order valence-electron chi connectivity index (χ4n) is 9.15. The van der Waals surface area contributed by atoms with Crippen molar-refractivity contribution in [1.82, 2.24) is 0 Å². The number of benzene rings is 4. The van der Waals surface area contributed by atoms with Crippen molar-refractivity contribution in [2.45, 2.75) is 110 Å². The van der Waals surface area contributed by atoms with Crippen LogP contribution in [0.5, 0.6) is 0 Å². The van der Waals surface area contributed by atoms with Gasteiger partial charge in [-0.2, -0.15) is 0 Å². The topological polar surface area (TPSA) is 0 Å². The number of unbranched alkanes of at least 4 members (excludes halogenated alkanes) is 2. The second kappa shape index (κ2) is 16.8. The Balaban J connectivity index is 0.00000234. The Morgan fingerprint density at radius 3 is 1.24 bits per heavy atom. The zero-order chi connectivity index (χ0) is 32.4. The summed E-state index contributed by atoms with van der Waals surface area (Å²) in [5, 5.41) is 0. The van der Waals surface area contributed by atoms with Crippen molar-refractivity contribution in [3.05, 3.63) is 129 Å². The van der Waals surface area contributed by atoms with E-state index in [9.17, 15) is 0 Å². The van der Waals surface area contributed by atoms with Gasteiger partial charge in [-0.1, -0.05) is 0 Å². The van der Waals surface area contributed by atoms with Crippen molar-refractivity contribution >= 4 is 12.2 Å². The summed E-state index contributed by atoms with van der Waals surface area (Å²) in [6.45, 7) is 9.28. The van der Waals surface area contributed by atoms with Gasteiger partial charge in [-0.3, -0.25) is 0 Å². The number of allylic oxidation sites excluding steroid dienone is 2. The van der Waals surface area contributed by atoms with E-state index >= 15 is 0 Å². The van der Waals surface area contributed by atoms with Crippen LogP contribution >= 0.6 is 0 Å². The number of hydrogen-bond donors (Lipinski definition) is 0. The van der Waals surface area contributed by atoms with Crippen molar-refractivity contribution in [3.63, 3.8) is 0 Å². The zero-order valence-corrected chi connectivity index (χ0v) is 33.2. The van der Waals surface area contributed by atoms with Gasteiger partial charge in [0.1, 0.15) is 0 Å². The smallest absolute Gasteiger partial charge is 1.00 e. The normalized spacial score (nSPS) is 17.5. The number of halogens is 2. The van der Waals surface area contributed by atoms with Gasteiger partial charge in [-0.25, -0.2) is 0 Å². The van der Waals surface area contributed by atoms with Gasteiger partial charge in [0.05, 0.1) is 0 Å². The van der Waals surface area contributed by atoms with Gasteiger partial charge in [-0.05, 0) is 0 Å². The Morgan fingerprint density at radius 2 is 0.898 bits per heavy atom. The van der Waals surface area contributed by atoms with Crippen LogP contribution in [0.25, 0.3) is 34.4 Å². The van der Waals surface area contributed by atoms with Gasteiger partial charge in [-0.15, -0.1) is 0 Å². The molecular weight excluding hydrogens is 671 g/mol. The summed E-state index contributed by atoms with van der Waals surface area (Å²) < 4.78 is 4.39. The first-order chi connectivity index (χ1) is 23.1. The number of rotatable bonds is 14. The third-order valence-corrected chi connectivity index (χ3v) is 19.8. The minimum absolute atomic E-state index is 0. The average Bonchev–Trinajstić information content (AvgIpc) is 3.64. The third-order valence-electron chi connectivity index (χ3n) is 11.5. The Kier molecular flexibility index (Phi) is 13.0. The molecule has 0 nitrogen and oxygen atoms in total. The van der Waals surface area contributed by atoms with E-state index in [4.69, 9.17) is 0 Å². The summed E-state index contributed by atoms with van der Waals surface area (Å²) >= 11 is -2.44. The quantitative estimate of drug-likeness (QED) is 0.116. The molecule has 4 aromatic rings. The first-order valence-corrected chi connectivity index (χ1v) is 23.0. The molecule has 0 amide bonds. The molecule has 1 aliphatic heterocycles.